The van der Waals surface area contributed by atoms with Crippen LogP contribution in [-0.4, -0.2) is 26.5 Å². The zero-order valence-corrected chi connectivity index (χ0v) is 13.0. The number of aromatic hydroxyl groups is 2. The van der Waals surface area contributed by atoms with Gasteiger partial charge in [-0.25, -0.2) is 0 Å². The number of aromatic nitrogens is 1. The fourth-order valence-electron chi connectivity index (χ4n) is 2.15. The molecule has 8 heteroatoms. The molecular formula is C16H16N4O4. The number of pyridine rings is 1. The zero-order valence-electron chi connectivity index (χ0n) is 13.0. The van der Waals surface area contributed by atoms with Gasteiger partial charge in [0.05, 0.1) is 0 Å². The normalized spacial score (nSPS) is 10.9. The Morgan fingerprint density at radius 3 is 2.58 bits per heavy atom. The molecule has 0 aliphatic rings. The van der Waals surface area contributed by atoms with Crippen LogP contribution in [0.2, 0.25) is 0 Å². The van der Waals surface area contributed by atoms with Gasteiger partial charge in [-0.3, -0.25) is 9.36 Å². The maximum atomic E-state index is 12.5. The number of benzene rings is 1. The SMILES string of the molecule is Cc1c(C#N)c(O)n(CCCO)c(=O)c1N=Nc1ccccc1O. The van der Waals surface area contributed by atoms with Gasteiger partial charge in [0.15, 0.2) is 5.69 Å². The van der Waals surface area contributed by atoms with Gasteiger partial charge in [-0.2, -0.15) is 5.26 Å². The highest BCUT2D eigenvalue weighted by Gasteiger charge is 2.19. The predicted molar refractivity (Wildman–Crippen MR) is 85.8 cm³/mol. The van der Waals surface area contributed by atoms with Gasteiger partial charge in [-0.1, -0.05) is 12.1 Å². The molecule has 8 nitrogen and oxygen atoms in total. The lowest BCUT2D eigenvalue weighted by Gasteiger charge is -2.12. The summed E-state index contributed by atoms with van der Waals surface area (Å²) in [6, 6.07) is 8.05. The number of phenols is 1. The second kappa shape index (κ2) is 7.39. The third kappa shape index (κ3) is 3.26. The number of hydrogen-bond donors (Lipinski definition) is 3. The van der Waals surface area contributed by atoms with E-state index in [-0.39, 0.29) is 47.8 Å². The number of para-hydroxylation sites is 1. The first-order chi connectivity index (χ1) is 11.5. The Hall–Kier alpha value is -3.18. The van der Waals surface area contributed by atoms with Gasteiger partial charge in [0, 0.05) is 18.7 Å². The minimum absolute atomic E-state index is 0.0369. The van der Waals surface area contributed by atoms with E-state index in [1.54, 1.807) is 12.1 Å². The van der Waals surface area contributed by atoms with Gasteiger partial charge < -0.3 is 15.3 Å². The Bertz CT molecular complexity index is 881. The van der Waals surface area contributed by atoms with Gasteiger partial charge in [0.2, 0.25) is 5.88 Å². The highest BCUT2D eigenvalue weighted by Crippen LogP contribution is 2.29. The molecule has 1 aromatic carbocycles. The second-order valence-electron chi connectivity index (χ2n) is 5.01. The van der Waals surface area contributed by atoms with Crippen LogP contribution in [0.15, 0.2) is 39.3 Å². The molecule has 0 radical (unpaired) electrons. The molecule has 0 unspecified atom stereocenters. The first-order valence-corrected chi connectivity index (χ1v) is 7.18. The number of aliphatic hydroxyl groups excluding tert-OH is 1. The first kappa shape index (κ1) is 17.2. The average Bonchev–Trinajstić information content (AvgIpc) is 2.56. The van der Waals surface area contributed by atoms with Gasteiger partial charge in [-0.15, -0.1) is 10.2 Å². The Kier molecular flexibility index (Phi) is 5.29. The lowest BCUT2D eigenvalue weighted by atomic mass is 10.1. The van der Waals surface area contributed by atoms with Crippen LogP contribution >= 0.6 is 0 Å². The molecular weight excluding hydrogens is 312 g/mol. The van der Waals surface area contributed by atoms with E-state index in [4.69, 9.17) is 5.11 Å². The van der Waals surface area contributed by atoms with Crippen molar-refractivity contribution in [3.05, 3.63) is 45.7 Å². The summed E-state index contributed by atoms with van der Waals surface area (Å²) in [7, 11) is 0. The van der Waals surface area contributed by atoms with Gasteiger partial charge in [0.1, 0.15) is 23.1 Å². The van der Waals surface area contributed by atoms with Gasteiger partial charge in [-0.05, 0) is 25.5 Å². The van der Waals surface area contributed by atoms with Crippen molar-refractivity contribution < 1.29 is 15.3 Å². The standard InChI is InChI=1S/C16H16N4O4/c1-10-11(9-17)15(23)20(7-4-8-21)16(24)14(10)19-18-12-5-2-3-6-13(12)22/h2-3,5-6,21-23H,4,7-8H2,1H3. The summed E-state index contributed by atoms with van der Waals surface area (Å²) in [5.74, 6) is -0.561. The summed E-state index contributed by atoms with van der Waals surface area (Å²) >= 11 is 0. The monoisotopic (exact) mass is 328 g/mol. The molecule has 3 N–H and O–H groups in total. The molecule has 0 aliphatic carbocycles. The number of hydrogen-bond acceptors (Lipinski definition) is 7. The highest BCUT2D eigenvalue weighted by molar-refractivity contribution is 5.57. The van der Waals surface area contributed by atoms with Crippen LogP contribution in [0.3, 0.4) is 0 Å². The average molecular weight is 328 g/mol. The molecule has 0 spiro atoms. The molecule has 0 bridgehead atoms. The fraction of sp³-hybridized carbons (Fsp3) is 0.250. The van der Waals surface area contributed by atoms with E-state index in [0.29, 0.717) is 0 Å². The minimum atomic E-state index is -0.628. The Morgan fingerprint density at radius 2 is 1.96 bits per heavy atom. The highest BCUT2D eigenvalue weighted by atomic mass is 16.3. The topological polar surface area (TPSA) is 131 Å². The third-order valence-electron chi connectivity index (χ3n) is 3.45. The van der Waals surface area contributed by atoms with E-state index >= 15 is 0 Å². The van der Waals surface area contributed by atoms with E-state index in [9.17, 15) is 20.3 Å². The van der Waals surface area contributed by atoms with Crippen LogP contribution in [-0.2, 0) is 6.54 Å². The number of nitriles is 1. The molecule has 0 atom stereocenters. The number of nitrogens with zero attached hydrogens (tertiary/aromatic N) is 4. The van der Waals surface area contributed by atoms with Crippen LogP contribution in [0.5, 0.6) is 11.6 Å². The van der Waals surface area contributed by atoms with Crippen molar-refractivity contribution in [2.75, 3.05) is 6.61 Å². The van der Waals surface area contributed by atoms with Crippen molar-refractivity contribution in [1.82, 2.24) is 4.57 Å². The molecule has 0 saturated heterocycles. The molecule has 0 fully saturated rings. The maximum Gasteiger partial charge on any atom is 0.281 e. The Morgan fingerprint density at radius 1 is 1.25 bits per heavy atom. The lowest BCUT2D eigenvalue weighted by Crippen LogP contribution is -2.22. The molecule has 0 saturated carbocycles. The van der Waals surface area contributed by atoms with Crippen LogP contribution in [0.1, 0.15) is 17.5 Å². The van der Waals surface area contributed by atoms with Crippen molar-refractivity contribution in [3.63, 3.8) is 0 Å². The summed E-state index contributed by atoms with van der Waals surface area (Å²) in [6.45, 7) is 1.35. The predicted octanol–water partition coefficient (Wildman–Crippen LogP) is 2.24. The van der Waals surface area contributed by atoms with Crippen LogP contribution < -0.4 is 5.56 Å². The van der Waals surface area contributed by atoms with E-state index in [1.165, 1.54) is 19.1 Å². The minimum Gasteiger partial charge on any atom is -0.506 e. The first-order valence-electron chi connectivity index (χ1n) is 7.18. The van der Waals surface area contributed by atoms with Crippen LogP contribution in [0.25, 0.3) is 0 Å². The number of phenolic OH excluding ortho intramolecular Hbond substituents is 1. The summed E-state index contributed by atoms with van der Waals surface area (Å²) < 4.78 is 0.973. The summed E-state index contributed by atoms with van der Waals surface area (Å²) in [5.41, 5.74) is -0.454. The van der Waals surface area contributed by atoms with Crippen molar-refractivity contribution in [3.8, 4) is 17.7 Å². The molecule has 0 amide bonds. The summed E-state index contributed by atoms with van der Waals surface area (Å²) in [4.78, 5) is 12.5. The number of aliphatic hydroxyl groups is 1. The second-order valence-corrected chi connectivity index (χ2v) is 5.01. The molecule has 2 aromatic rings. The van der Waals surface area contributed by atoms with Crippen molar-refractivity contribution in [1.29, 1.82) is 5.26 Å². The molecule has 1 heterocycles. The van der Waals surface area contributed by atoms with Crippen molar-refractivity contribution in [2.45, 2.75) is 19.9 Å². The maximum absolute atomic E-state index is 12.5. The molecule has 0 aliphatic heterocycles. The number of rotatable bonds is 5. The van der Waals surface area contributed by atoms with E-state index in [0.717, 1.165) is 4.57 Å². The molecule has 2 rings (SSSR count). The van der Waals surface area contributed by atoms with E-state index in [1.807, 2.05) is 6.07 Å². The van der Waals surface area contributed by atoms with Crippen molar-refractivity contribution in [2.24, 2.45) is 10.2 Å². The smallest absolute Gasteiger partial charge is 0.281 e. The number of azo groups is 1. The van der Waals surface area contributed by atoms with Crippen molar-refractivity contribution >= 4 is 11.4 Å². The van der Waals surface area contributed by atoms with E-state index in [2.05, 4.69) is 10.2 Å². The van der Waals surface area contributed by atoms with Gasteiger partial charge in [0.25, 0.3) is 5.56 Å². The quantitative estimate of drug-likeness (QED) is 0.724. The lowest BCUT2D eigenvalue weighted by molar-refractivity contribution is 0.274. The fourth-order valence-corrected chi connectivity index (χ4v) is 2.15. The van der Waals surface area contributed by atoms with Crippen LogP contribution in [0, 0.1) is 18.3 Å². The largest absolute Gasteiger partial charge is 0.506 e. The van der Waals surface area contributed by atoms with Gasteiger partial charge >= 0.3 is 0 Å². The van der Waals surface area contributed by atoms with Crippen LogP contribution in [0.4, 0.5) is 11.4 Å². The zero-order chi connectivity index (χ0) is 17.7. The van der Waals surface area contributed by atoms with E-state index < -0.39 is 11.4 Å². The summed E-state index contributed by atoms with van der Waals surface area (Å²) in [5, 5.41) is 45.6. The third-order valence-corrected chi connectivity index (χ3v) is 3.45. The molecule has 124 valence electrons. The Balaban J connectivity index is 2.59. The molecule has 24 heavy (non-hydrogen) atoms. The molecule has 1 aromatic heterocycles. The summed E-state index contributed by atoms with van der Waals surface area (Å²) in [6.07, 6.45) is 0.234. The Labute approximate surface area is 137 Å².